The molecule has 1 heterocycles. The Kier molecular flexibility index (Phi) is 4.34. The fourth-order valence-corrected chi connectivity index (χ4v) is 1.32. The summed E-state index contributed by atoms with van der Waals surface area (Å²) in [7, 11) is 0. The zero-order chi connectivity index (χ0) is 15.0. The van der Waals surface area contributed by atoms with Gasteiger partial charge < -0.3 is 4.74 Å². The Balaban J connectivity index is 3.17. The van der Waals surface area contributed by atoms with E-state index in [1.807, 2.05) is 20.8 Å². The Morgan fingerprint density at radius 2 is 1.68 bits per heavy atom. The molecule has 1 aromatic heterocycles. The summed E-state index contributed by atoms with van der Waals surface area (Å²) in [6, 6.07) is 0. The highest BCUT2D eigenvalue weighted by Gasteiger charge is 2.39. The fourth-order valence-electron chi connectivity index (χ4n) is 1.15. The Morgan fingerprint density at radius 1 is 1.16 bits per heavy atom. The predicted octanol–water partition coefficient (Wildman–Crippen LogP) is 4.07. The van der Waals surface area contributed by atoms with Gasteiger partial charge in [0.2, 0.25) is 5.88 Å². The number of ether oxygens (including phenoxy) is 1. The van der Waals surface area contributed by atoms with E-state index in [1.165, 1.54) is 6.92 Å². The molecular formula is C12H16ClF3N2O. The van der Waals surface area contributed by atoms with Crippen molar-refractivity contribution in [3.63, 3.8) is 0 Å². The normalized spacial score (nSPS) is 14.4. The summed E-state index contributed by atoms with van der Waals surface area (Å²) in [5.74, 6) is 0.210. The van der Waals surface area contributed by atoms with Gasteiger partial charge in [0, 0.05) is 11.0 Å². The van der Waals surface area contributed by atoms with Gasteiger partial charge in [-0.1, -0.05) is 32.4 Å². The standard InChI is InChI=1S/C12H16ClF3N2O/c1-6-8(13)17-10(11(3,4)5)18-9(6)19-7(2)12(14,15)16/h7H,1-5H3. The second kappa shape index (κ2) is 5.15. The van der Waals surface area contributed by atoms with Gasteiger partial charge in [0.15, 0.2) is 6.10 Å². The second-order valence-corrected chi connectivity index (χ2v) is 5.68. The zero-order valence-electron chi connectivity index (χ0n) is 11.4. The van der Waals surface area contributed by atoms with Crippen LogP contribution in [0.3, 0.4) is 0 Å². The van der Waals surface area contributed by atoms with Gasteiger partial charge in [-0.15, -0.1) is 0 Å². The van der Waals surface area contributed by atoms with E-state index in [9.17, 15) is 13.2 Å². The lowest BCUT2D eigenvalue weighted by Gasteiger charge is -2.22. The molecule has 1 unspecified atom stereocenters. The lowest BCUT2D eigenvalue weighted by atomic mass is 9.96. The van der Waals surface area contributed by atoms with Crippen molar-refractivity contribution in [2.75, 3.05) is 0 Å². The van der Waals surface area contributed by atoms with Crippen molar-refractivity contribution >= 4 is 11.6 Å². The van der Waals surface area contributed by atoms with E-state index >= 15 is 0 Å². The summed E-state index contributed by atoms with van der Waals surface area (Å²) in [6.45, 7) is 7.96. The van der Waals surface area contributed by atoms with Gasteiger partial charge in [0.1, 0.15) is 11.0 Å². The molecule has 0 aliphatic carbocycles. The molecule has 0 amide bonds. The van der Waals surface area contributed by atoms with Crippen LogP contribution >= 0.6 is 11.6 Å². The van der Waals surface area contributed by atoms with Crippen LogP contribution in [0.5, 0.6) is 5.88 Å². The summed E-state index contributed by atoms with van der Waals surface area (Å²) in [5.41, 5.74) is -0.137. The highest BCUT2D eigenvalue weighted by atomic mass is 35.5. The number of nitrogens with zero attached hydrogens (tertiary/aromatic N) is 2. The minimum absolute atomic E-state index is 0.101. The first-order valence-corrected chi connectivity index (χ1v) is 6.08. The molecule has 0 saturated carbocycles. The van der Waals surface area contributed by atoms with E-state index in [1.54, 1.807) is 0 Å². The lowest BCUT2D eigenvalue weighted by molar-refractivity contribution is -0.190. The maximum Gasteiger partial charge on any atom is 0.425 e. The van der Waals surface area contributed by atoms with E-state index in [2.05, 4.69) is 9.97 Å². The molecule has 0 fully saturated rings. The summed E-state index contributed by atoms with van der Waals surface area (Å²) in [4.78, 5) is 8.11. The molecule has 0 spiro atoms. The van der Waals surface area contributed by atoms with Crippen LogP contribution < -0.4 is 4.74 Å². The van der Waals surface area contributed by atoms with Crippen molar-refractivity contribution in [2.24, 2.45) is 0 Å². The molecule has 1 aromatic rings. The predicted molar refractivity (Wildman–Crippen MR) is 66.6 cm³/mol. The van der Waals surface area contributed by atoms with Crippen LogP contribution in [0, 0.1) is 6.92 Å². The number of aromatic nitrogens is 2. The minimum atomic E-state index is -4.45. The van der Waals surface area contributed by atoms with Crippen LogP contribution in [0.4, 0.5) is 13.2 Å². The smallest absolute Gasteiger partial charge is 0.425 e. The molecule has 0 aliphatic rings. The third kappa shape index (κ3) is 3.96. The Labute approximate surface area is 115 Å². The first-order valence-electron chi connectivity index (χ1n) is 5.71. The van der Waals surface area contributed by atoms with Gasteiger partial charge in [0.25, 0.3) is 0 Å². The molecule has 1 rings (SSSR count). The van der Waals surface area contributed by atoms with Crippen molar-refractivity contribution in [3.8, 4) is 5.88 Å². The Bertz CT molecular complexity index is 469. The van der Waals surface area contributed by atoms with E-state index < -0.39 is 17.7 Å². The monoisotopic (exact) mass is 296 g/mol. The summed E-state index contributed by atoms with van der Waals surface area (Å²) >= 11 is 5.91. The van der Waals surface area contributed by atoms with Crippen LogP contribution in [0.2, 0.25) is 5.15 Å². The number of hydrogen-bond donors (Lipinski definition) is 0. The van der Waals surface area contributed by atoms with Crippen LogP contribution in [-0.4, -0.2) is 22.2 Å². The molecule has 0 aromatic carbocycles. The van der Waals surface area contributed by atoms with E-state index in [0.717, 1.165) is 6.92 Å². The molecule has 0 N–H and O–H groups in total. The summed E-state index contributed by atoms with van der Waals surface area (Å²) in [5, 5.41) is 0.101. The third-order valence-corrected chi connectivity index (χ3v) is 2.83. The molecule has 0 radical (unpaired) electrons. The van der Waals surface area contributed by atoms with Crippen molar-refractivity contribution < 1.29 is 17.9 Å². The summed E-state index contributed by atoms with van der Waals surface area (Å²) in [6.07, 6.45) is -6.41. The Hall–Kier alpha value is -1.04. The zero-order valence-corrected chi connectivity index (χ0v) is 12.1. The number of alkyl halides is 3. The molecule has 7 heteroatoms. The molecular weight excluding hydrogens is 281 g/mol. The fraction of sp³-hybridized carbons (Fsp3) is 0.667. The van der Waals surface area contributed by atoms with Gasteiger partial charge in [-0.25, -0.2) is 4.98 Å². The van der Waals surface area contributed by atoms with Crippen molar-refractivity contribution in [2.45, 2.75) is 52.3 Å². The number of halogens is 4. The third-order valence-electron chi connectivity index (χ3n) is 2.46. The van der Waals surface area contributed by atoms with Crippen molar-refractivity contribution in [3.05, 3.63) is 16.5 Å². The average molecular weight is 297 g/mol. The molecule has 0 saturated heterocycles. The van der Waals surface area contributed by atoms with E-state index in [0.29, 0.717) is 11.4 Å². The van der Waals surface area contributed by atoms with Gasteiger partial charge in [-0.2, -0.15) is 18.2 Å². The SMILES string of the molecule is Cc1c(Cl)nc(C(C)(C)C)nc1OC(C)C(F)(F)F. The second-order valence-electron chi connectivity index (χ2n) is 5.32. The van der Waals surface area contributed by atoms with Crippen molar-refractivity contribution in [1.29, 1.82) is 0 Å². The first kappa shape index (κ1) is 16.0. The Morgan fingerprint density at radius 3 is 2.11 bits per heavy atom. The average Bonchev–Trinajstić information content (AvgIpc) is 2.21. The van der Waals surface area contributed by atoms with Crippen LogP contribution in [0.25, 0.3) is 0 Å². The minimum Gasteiger partial charge on any atom is -0.465 e. The largest absolute Gasteiger partial charge is 0.465 e. The first-order chi connectivity index (χ1) is 8.43. The van der Waals surface area contributed by atoms with Gasteiger partial charge in [-0.3, -0.25) is 0 Å². The van der Waals surface area contributed by atoms with Crippen LogP contribution in [0.15, 0.2) is 0 Å². The molecule has 3 nitrogen and oxygen atoms in total. The van der Waals surface area contributed by atoms with Gasteiger partial charge in [0.05, 0.1) is 0 Å². The van der Waals surface area contributed by atoms with Crippen molar-refractivity contribution in [1.82, 2.24) is 9.97 Å². The van der Waals surface area contributed by atoms with Crippen LogP contribution in [0.1, 0.15) is 39.1 Å². The molecule has 19 heavy (non-hydrogen) atoms. The van der Waals surface area contributed by atoms with Crippen LogP contribution in [-0.2, 0) is 5.41 Å². The topological polar surface area (TPSA) is 35.0 Å². The maximum absolute atomic E-state index is 12.5. The van der Waals surface area contributed by atoms with E-state index in [4.69, 9.17) is 16.3 Å². The number of rotatable bonds is 2. The molecule has 108 valence electrons. The quantitative estimate of drug-likeness (QED) is 0.772. The lowest BCUT2D eigenvalue weighted by Crippen LogP contribution is -2.32. The summed E-state index contributed by atoms with van der Waals surface area (Å²) < 4.78 is 42.4. The molecule has 0 bridgehead atoms. The van der Waals surface area contributed by atoms with Gasteiger partial charge >= 0.3 is 6.18 Å². The molecule has 1 atom stereocenters. The van der Waals surface area contributed by atoms with Gasteiger partial charge in [-0.05, 0) is 13.8 Å². The maximum atomic E-state index is 12.5. The highest BCUT2D eigenvalue weighted by Crippen LogP contribution is 2.30. The highest BCUT2D eigenvalue weighted by molar-refractivity contribution is 6.30. The number of hydrogen-bond acceptors (Lipinski definition) is 3. The molecule has 0 aliphatic heterocycles. The van der Waals surface area contributed by atoms with E-state index in [-0.39, 0.29) is 11.0 Å².